The molecule has 0 aromatic heterocycles. The molecule has 0 spiro atoms. The van der Waals surface area contributed by atoms with E-state index in [9.17, 15) is 19.5 Å². The van der Waals surface area contributed by atoms with E-state index in [0.717, 1.165) is 37.0 Å². The molecule has 0 unspecified atom stereocenters. The van der Waals surface area contributed by atoms with Crippen LogP contribution in [0.2, 0.25) is 0 Å². The smallest absolute Gasteiger partial charge is 0.327 e. The summed E-state index contributed by atoms with van der Waals surface area (Å²) >= 11 is 1.45. The molecule has 1 aromatic rings. The van der Waals surface area contributed by atoms with Crippen molar-refractivity contribution in [1.29, 1.82) is 0 Å². The minimum Gasteiger partial charge on any atom is -0.493 e. The molecule has 174 valence electrons. The third kappa shape index (κ3) is 3.66. The number of ether oxygens (including phenoxy) is 1. The molecule has 2 N–H and O–H groups in total. The lowest BCUT2D eigenvalue weighted by molar-refractivity contribution is -0.161. The van der Waals surface area contributed by atoms with Crippen molar-refractivity contribution in [2.75, 3.05) is 6.61 Å². The van der Waals surface area contributed by atoms with Crippen LogP contribution in [0.3, 0.4) is 0 Å². The van der Waals surface area contributed by atoms with Crippen LogP contribution in [-0.2, 0) is 19.8 Å². The fraction of sp³-hybridized carbons (Fsp3) is 0.625. The van der Waals surface area contributed by atoms with Gasteiger partial charge in [0, 0.05) is 10.3 Å². The number of β-lactam (4-membered cyclic amide) rings is 1. The molecule has 8 heteroatoms. The first-order valence-corrected chi connectivity index (χ1v) is 12.4. The Hall–Kier alpha value is -2.22. The van der Waals surface area contributed by atoms with Crippen LogP contribution in [0.15, 0.2) is 24.3 Å². The molecule has 0 radical (unpaired) electrons. The van der Waals surface area contributed by atoms with E-state index in [1.165, 1.54) is 16.7 Å². The minimum absolute atomic E-state index is 0.156. The molecule has 3 atom stereocenters. The zero-order valence-corrected chi connectivity index (χ0v) is 19.7. The summed E-state index contributed by atoms with van der Waals surface area (Å²) in [6.07, 6.45) is 5.26. The number of nitrogens with zero attached hydrogens (tertiary/aromatic N) is 1. The molecule has 2 heterocycles. The number of rotatable bonds is 8. The van der Waals surface area contributed by atoms with Crippen LogP contribution in [-0.4, -0.2) is 56.6 Å². The maximum Gasteiger partial charge on any atom is 0.327 e. The Labute approximate surface area is 193 Å². The normalized spacial score (nSPS) is 27.5. The van der Waals surface area contributed by atoms with Crippen LogP contribution in [0.5, 0.6) is 5.75 Å². The molecule has 2 aliphatic heterocycles. The molecular weight excluding hydrogens is 428 g/mol. The van der Waals surface area contributed by atoms with Crippen LogP contribution in [0.1, 0.15) is 64.9 Å². The number of carbonyl (C=O) groups excluding carboxylic acids is 2. The van der Waals surface area contributed by atoms with Gasteiger partial charge < -0.3 is 20.1 Å². The van der Waals surface area contributed by atoms with Crippen LogP contribution in [0.25, 0.3) is 0 Å². The van der Waals surface area contributed by atoms with Crippen molar-refractivity contribution in [2.45, 2.75) is 86.9 Å². The molecule has 7 nitrogen and oxygen atoms in total. The molecule has 1 aromatic carbocycles. The van der Waals surface area contributed by atoms with Crippen molar-refractivity contribution >= 4 is 29.5 Å². The average molecular weight is 461 g/mol. The maximum absolute atomic E-state index is 13.7. The fourth-order valence-electron chi connectivity index (χ4n) is 5.34. The lowest BCUT2D eigenvalue weighted by Gasteiger charge is -2.45. The summed E-state index contributed by atoms with van der Waals surface area (Å²) in [6.45, 7) is 6.38. The molecule has 3 fully saturated rings. The van der Waals surface area contributed by atoms with Crippen molar-refractivity contribution in [3.05, 3.63) is 29.8 Å². The molecule has 32 heavy (non-hydrogen) atoms. The van der Waals surface area contributed by atoms with Crippen molar-refractivity contribution in [1.82, 2.24) is 10.2 Å². The predicted octanol–water partition coefficient (Wildman–Crippen LogP) is 3.31. The summed E-state index contributed by atoms with van der Waals surface area (Å²) in [5, 5.41) is 12.3. The highest BCUT2D eigenvalue weighted by molar-refractivity contribution is 8.01. The van der Waals surface area contributed by atoms with E-state index in [4.69, 9.17) is 4.74 Å². The van der Waals surface area contributed by atoms with E-state index < -0.39 is 28.2 Å². The number of fused-ring (bicyclic) bond motifs is 1. The van der Waals surface area contributed by atoms with Gasteiger partial charge >= 0.3 is 5.97 Å². The van der Waals surface area contributed by atoms with Crippen LogP contribution in [0, 0.1) is 0 Å². The first-order chi connectivity index (χ1) is 15.2. The fourth-order valence-corrected chi connectivity index (χ4v) is 6.96. The number of thioether (sulfide) groups is 1. The van der Waals surface area contributed by atoms with Gasteiger partial charge in [-0.15, -0.1) is 11.8 Å². The van der Waals surface area contributed by atoms with Gasteiger partial charge in [0.1, 0.15) is 23.2 Å². The summed E-state index contributed by atoms with van der Waals surface area (Å²) in [5.74, 6) is -0.735. The zero-order chi connectivity index (χ0) is 23.1. The summed E-state index contributed by atoms with van der Waals surface area (Å²) in [4.78, 5) is 39.8. The minimum atomic E-state index is -1.01. The van der Waals surface area contributed by atoms with E-state index >= 15 is 0 Å². The van der Waals surface area contributed by atoms with Gasteiger partial charge in [0.15, 0.2) is 0 Å². The second-order valence-electron chi connectivity index (χ2n) is 9.54. The molecule has 1 saturated carbocycles. The topological polar surface area (TPSA) is 95.9 Å². The number of carboxylic acids is 1. The number of para-hydroxylation sites is 1. The summed E-state index contributed by atoms with van der Waals surface area (Å²) < 4.78 is 5.43. The number of hydrogen-bond donors (Lipinski definition) is 2. The van der Waals surface area contributed by atoms with E-state index in [1.54, 1.807) is 0 Å². The first kappa shape index (κ1) is 23.0. The van der Waals surface area contributed by atoms with Gasteiger partial charge in [0.2, 0.25) is 11.8 Å². The number of amides is 2. The van der Waals surface area contributed by atoms with Crippen LogP contribution < -0.4 is 10.1 Å². The monoisotopic (exact) mass is 460 g/mol. The van der Waals surface area contributed by atoms with E-state index in [0.29, 0.717) is 19.4 Å². The van der Waals surface area contributed by atoms with Gasteiger partial charge in [-0.2, -0.15) is 0 Å². The molecule has 2 saturated heterocycles. The Morgan fingerprint density at radius 2 is 1.94 bits per heavy atom. The Balaban J connectivity index is 1.56. The van der Waals surface area contributed by atoms with Gasteiger partial charge in [-0.05, 0) is 39.2 Å². The van der Waals surface area contributed by atoms with Crippen molar-refractivity contribution in [3.63, 3.8) is 0 Å². The van der Waals surface area contributed by atoms with Crippen LogP contribution in [0.4, 0.5) is 0 Å². The number of nitrogens with one attached hydrogen (secondary N) is 1. The van der Waals surface area contributed by atoms with Gasteiger partial charge in [-0.25, -0.2) is 4.79 Å². The molecule has 2 amide bonds. The molecule has 4 rings (SSSR count). The molecule has 1 aliphatic carbocycles. The number of benzene rings is 1. The van der Waals surface area contributed by atoms with E-state index in [2.05, 4.69) is 12.2 Å². The highest BCUT2D eigenvalue weighted by Gasteiger charge is 2.64. The Bertz CT molecular complexity index is 911. The van der Waals surface area contributed by atoms with Gasteiger partial charge in [-0.3, -0.25) is 9.59 Å². The zero-order valence-electron chi connectivity index (χ0n) is 18.9. The molecule has 0 bridgehead atoms. The maximum atomic E-state index is 13.7. The average Bonchev–Trinajstić information content (AvgIpc) is 3.34. The molecular formula is C24H32N2O5S. The Morgan fingerprint density at radius 3 is 2.59 bits per heavy atom. The first-order valence-electron chi connectivity index (χ1n) is 11.5. The quantitative estimate of drug-likeness (QED) is 0.456. The third-order valence-corrected chi connectivity index (χ3v) is 8.58. The largest absolute Gasteiger partial charge is 0.493 e. The predicted molar refractivity (Wildman–Crippen MR) is 123 cm³/mol. The van der Waals surface area contributed by atoms with E-state index in [1.807, 2.05) is 38.1 Å². The van der Waals surface area contributed by atoms with Gasteiger partial charge in [0.05, 0.1) is 12.0 Å². The van der Waals surface area contributed by atoms with Gasteiger partial charge in [-0.1, -0.05) is 44.4 Å². The van der Waals surface area contributed by atoms with Crippen molar-refractivity contribution in [3.8, 4) is 5.75 Å². The second kappa shape index (κ2) is 8.61. The SMILES string of the molecule is CCCCOc1ccccc1C1(C(=O)N[C@H]2C(=O)N3[C@@H](C(=O)O)C(C)(C)S[C@@H]23)CCCC1. The lowest BCUT2D eigenvalue weighted by atomic mass is 9.77. The number of carboxylic acid groups (broad SMARTS) is 1. The summed E-state index contributed by atoms with van der Waals surface area (Å²) in [5.41, 5.74) is 0.159. The Kier molecular flexibility index (Phi) is 6.18. The number of unbranched alkanes of at least 4 members (excludes halogenated alkanes) is 1. The third-order valence-electron chi connectivity index (χ3n) is 7.01. The van der Waals surface area contributed by atoms with Crippen LogP contribution >= 0.6 is 11.8 Å². The standard InChI is InChI=1S/C24H32N2O5S/c1-4-5-14-31-16-11-7-6-10-15(16)24(12-8-9-13-24)22(30)25-17-19(27)26-18(21(28)29)23(2,3)32-20(17)26/h6-7,10-11,17-18,20H,4-5,8-9,12-14H2,1-3H3,(H,25,30)(H,28,29)/t17-,18-,20-/m0/s1. The molecule has 3 aliphatic rings. The van der Waals surface area contributed by atoms with Gasteiger partial charge in [0.25, 0.3) is 0 Å². The number of carbonyl (C=O) groups is 3. The number of aliphatic carboxylic acids is 1. The van der Waals surface area contributed by atoms with Crippen molar-refractivity contribution in [2.24, 2.45) is 0 Å². The van der Waals surface area contributed by atoms with E-state index in [-0.39, 0.29) is 17.2 Å². The summed E-state index contributed by atoms with van der Waals surface area (Å²) in [6, 6.07) is 6.16. The van der Waals surface area contributed by atoms with Crippen molar-refractivity contribution < 1.29 is 24.2 Å². The summed E-state index contributed by atoms with van der Waals surface area (Å²) in [7, 11) is 0. The Morgan fingerprint density at radius 1 is 1.25 bits per heavy atom. The lowest BCUT2D eigenvalue weighted by Crippen LogP contribution is -2.71. The number of hydrogen-bond acceptors (Lipinski definition) is 5. The highest BCUT2D eigenvalue weighted by atomic mass is 32.2. The second-order valence-corrected chi connectivity index (χ2v) is 11.3. The highest BCUT2D eigenvalue weighted by Crippen LogP contribution is 2.51.